The van der Waals surface area contributed by atoms with Crippen LogP contribution in [0.4, 0.5) is 5.82 Å². The Balaban J connectivity index is 1.57. The van der Waals surface area contributed by atoms with Gasteiger partial charge in [-0.2, -0.15) is 0 Å². The number of fused-ring (bicyclic) bond motifs is 1. The van der Waals surface area contributed by atoms with E-state index in [1.54, 1.807) is 0 Å². The number of piperazine rings is 1. The van der Waals surface area contributed by atoms with Gasteiger partial charge < -0.3 is 15.0 Å². The summed E-state index contributed by atoms with van der Waals surface area (Å²) in [7, 11) is 0. The summed E-state index contributed by atoms with van der Waals surface area (Å²) in [6.45, 7) is 4.04. The Labute approximate surface area is 141 Å². The second-order valence-corrected chi connectivity index (χ2v) is 6.49. The molecule has 1 aliphatic carbocycles. The molecule has 1 aliphatic heterocycles. The van der Waals surface area contributed by atoms with Gasteiger partial charge in [-0.25, -0.2) is 4.98 Å². The molecule has 1 N–H and O–H groups in total. The Morgan fingerprint density at radius 3 is 2.87 bits per heavy atom. The number of aryl methyl sites for hydroxylation is 1. The highest BCUT2D eigenvalue weighted by molar-refractivity contribution is 6.30. The van der Waals surface area contributed by atoms with Crippen LogP contribution in [-0.2, 0) is 6.42 Å². The molecule has 1 saturated heterocycles. The maximum Gasteiger partial charge on any atom is 0.141 e. The summed E-state index contributed by atoms with van der Waals surface area (Å²) in [5.74, 6) is 1.87. The van der Waals surface area contributed by atoms with E-state index >= 15 is 0 Å². The second-order valence-electron chi connectivity index (χ2n) is 6.05. The Kier molecular flexibility index (Phi) is 4.10. The van der Waals surface area contributed by atoms with Crippen LogP contribution in [0.25, 0.3) is 0 Å². The molecule has 2 aliphatic rings. The summed E-state index contributed by atoms with van der Waals surface area (Å²) in [4.78, 5) is 7.26. The van der Waals surface area contributed by atoms with Gasteiger partial charge in [0.2, 0.25) is 0 Å². The van der Waals surface area contributed by atoms with E-state index in [1.807, 2.05) is 24.3 Å². The van der Waals surface area contributed by atoms with E-state index in [9.17, 15) is 0 Å². The van der Waals surface area contributed by atoms with Crippen molar-refractivity contribution in [1.29, 1.82) is 0 Å². The molecule has 0 saturated carbocycles. The summed E-state index contributed by atoms with van der Waals surface area (Å²) in [5, 5.41) is 4.07. The van der Waals surface area contributed by atoms with Crippen molar-refractivity contribution in [3.05, 3.63) is 52.7 Å². The fourth-order valence-electron chi connectivity index (χ4n) is 3.30. The molecule has 120 valence electrons. The molecule has 23 heavy (non-hydrogen) atoms. The smallest absolute Gasteiger partial charge is 0.141 e. The normalized spacial score (nSPS) is 20.4. The van der Waals surface area contributed by atoms with Gasteiger partial charge in [0.05, 0.1) is 5.69 Å². The third kappa shape index (κ3) is 3.14. The molecule has 0 amide bonds. The molecule has 1 atom stereocenters. The van der Waals surface area contributed by atoms with Gasteiger partial charge in [-0.05, 0) is 42.7 Å². The van der Waals surface area contributed by atoms with Crippen molar-refractivity contribution in [2.45, 2.75) is 18.9 Å². The predicted octanol–water partition coefficient (Wildman–Crippen LogP) is 3.21. The molecular weight excluding hydrogens is 310 g/mol. The van der Waals surface area contributed by atoms with Gasteiger partial charge in [-0.15, -0.1) is 0 Å². The summed E-state index contributed by atoms with van der Waals surface area (Å²) < 4.78 is 6.15. The zero-order valence-electron chi connectivity index (χ0n) is 13.0. The molecule has 1 fully saturated rings. The number of hydrogen-bond donors (Lipinski definition) is 1. The third-order valence-electron chi connectivity index (χ3n) is 4.49. The molecule has 4 nitrogen and oxygen atoms in total. The van der Waals surface area contributed by atoms with Crippen LogP contribution >= 0.6 is 11.6 Å². The van der Waals surface area contributed by atoms with Gasteiger partial charge in [-0.3, -0.25) is 0 Å². The van der Waals surface area contributed by atoms with Crippen LogP contribution in [0.3, 0.4) is 0 Å². The number of aromatic nitrogens is 1. The molecule has 2 heterocycles. The lowest BCUT2D eigenvalue weighted by Gasteiger charge is -2.29. The van der Waals surface area contributed by atoms with Gasteiger partial charge in [0.15, 0.2) is 0 Å². The third-order valence-corrected chi connectivity index (χ3v) is 4.73. The SMILES string of the molecule is Clc1cccc(O[C@H]2CCc3ccc(N4CCNCC4)nc32)c1. The maximum atomic E-state index is 6.15. The minimum Gasteiger partial charge on any atom is -0.484 e. The topological polar surface area (TPSA) is 37.4 Å². The van der Waals surface area contributed by atoms with Crippen LogP contribution in [-0.4, -0.2) is 31.2 Å². The number of benzene rings is 1. The number of ether oxygens (including phenoxy) is 1. The van der Waals surface area contributed by atoms with E-state index < -0.39 is 0 Å². The van der Waals surface area contributed by atoms with Crippen LogP contribution in [0.5, 0.6) is 5.75 Å². The molecule has 0 radical (unpaired) electrons. The summed E-state index contributed by atoms with van der Waals surface area (Å²) >= 11 is 6.05. The number of nitrogens with zero attached hydrogens (tertiary/aromatic N) is 2. The van der Waals surface area contributed by atoms with Gasteiger partial charge in [0.25, 0.3) is 0 Å². The number of nitrogens with one attached hydrogen (secondary N) is 1. The first kappa shape index (κ1) is 14.8. The molecular formula is C18H20ClN3O. The fourth-order valence-corrected chi connectivity index (χ4v) is 3.48. The van der Waals surface area contributed by atoms with E-state index in [1.165, 1.54) is 5.56 Å². The Bertz CT molecular complexity index is 700. The van der Waals surface area contributed by atoms with Gasteiger partial charge in [0, 0.05) is 31.2 Å². The van der Waals surface area contributed by atoms with Crippen LogP contribution in [0.2, 0.25) is 5.02 Å². The van der Waals surface area contributed by atoms with Crippen molar-refractivity contribution in [3.8, 4) is 5.75 Å². The average Bonchev–Trinajstić information content (AvgIpc) is 2.98. The van der Waals surface area contributed by atoms with E-state index in [0.717, 1.165) is 56.3 Å². The van der Waals surface area contributed by atoms with Crippen molar-refractivity contribution < 1.29 is 4.74 Å². The molecule has 5 heteroatoms. The fraction of sp³-hybridized carbons (Fsp3) is 0.389. The van der Waals surface area contributed by atoms with Crippen molar-refractivity contribution in [2.75, 3.05) is 31.1 Å². The van der Waals surface area contributed by atoms with Crippen molar-refractivity contribution in [2.24, 2.45) is 0 Å². The zero-order valence-corrected chi connectivity index (χ0v) is 13.7. The highest BCUT2D eigenvalue weighted by Crippen LogP contribution is 2.35. The quantitative estimate of drug-likeness (QED) is 0.938. The van der Waals surface area contributed by atoms with Gasteiger partial charge in [0.1, 0.15) is 17.7 Å². The van der Waals surface area contributed by atoms with Gasteiger partial charge in [-0.1, -0.05) is 23.7 Å². The van der Waals surface area contributed by atoms with Gasteiger partial charge >= 0.3 is 0 Å². The first-order chi connectivity index (χ1) is 11.3. The highest BCUT2D eigenvalue weighted by Gasteiger charge is 2.27. The number of pyridine rings is 1. The van der Waals surface area contributed by atoms with Crippen LogP contribution in [0.15, 0.2) is 36.4 Å². The molecule has 0 bridgehead atoms. The lowest BCUT2D eigenvalue weighted by atomic mass is 10.2. The monoisotopic (exact) mass is 329 g/mol. The number of hydrogen-bond acceptors (Lipinski definition) is 4. The molecule has 0 unspecified atom stereocenters. The summed E-state index contributed by atoms with van der Waals surface area (Å²) in [6.07, 6.45) is 2.02. The van der Waals surface area contributed by atoms with Crippen molar-refractivity contribution in [1.82, 2.24) is 10.3 Å². The van der Waals surface area contributed by atoms with Crippen molar-refractivity contribution >= 4 is 17.4 Å². The molecule has 0 spiro atoms. The summed E-state index contributed by atoms with van der Waals surface area (Å²) in [6, 6.07) is 11.9. The molecule has 4 rings (SSSR count). The number of anilines is 1. The minimum atomic E-state index is 0.0198. The van der Waals surface area contributed by atoms with Crippen LogP contribution < -0.4 is 15.0 Å². The Morgan fingerprint density at radius 1 is 1.17 bits per heavy atom. The van der Waals surface area contributed by atoms with Crippen molar-refractivity contribution in [3.63, 3.8) is 0 Å². The number of rotatable bonds is 3. The Hall–Kier alpha value is -1.78. The predicted molar refractivity (Wildman–Crippen MR) is 92.5 cm³/mol. The average molecular weight is 330 g/mol. The zero-order chi connectivity index (χ0) is 15.6. The summed E-state index contributed by atoms with van der Waals surface area (Å²) in [5.41, 5.74) is 2.39. The lowest BCUT2D eigenvalue weighted by molar-refractivity contribution is 0.203. The Morgan fingerprint density at radius 2 is 2.04 bits per heavy atom. The first-order valence-electron chi connectivity index (χ1n) is 8.17. The van der Waals surface area contributed by atoms with Crippen LogP contribution in [0.1, 0.15) is 23.8 Å². The number of halogens is 1. The minimum absolute atomic E-state index is 0.0198. The van der Waals surface area contributed by atoms with E-state index in [4.69, 9.17) is 21.3 Å². The van der Waals surface area contributed by atoms with Crippen LogP contribution in [0, 0.1) is 0 Å². The molecule has 1 aromatic carbocycles. The standard InChI is InChI=1S/C18H20ClN3O/c19-14-2-1-3-15(12-14)23-16-6-4-13-5-7-17(21-18(13)16)22-10-8-20-9-11-22/h1-3,5,7,12,16,20H,4,6,8-11H2/t16-/m0/s1. The molecule has 2 aromatic rings. The van der Waals surface area contributed by atoms with E-state index in [0.29, 0.717) is 5.02 Å². The van der Waals surface area contributed by atoms with E-state index in [2.05, 4.69) is 22.3 Å². The lowest BCUT2D eigenvalue weighted by Crippen LogP contribution is -2.44. The van der Waals surface area contributed by atoms with E-state index in [-0.39, 0.29) is 6.10 Å². The first-order valence-corrected chi connectivity index (χ1v) is 8.55. The largest absolute Gasteiger partial charge is 0.484 e. The molecule has 1 aromatic heterocycles. The maximum absolute atomic E-state index is 6.15. The highest BCUT2D eigenvalue weighted by atomic mass is 35.5. The second kappa shape index (κ2) is 6.38.